The number of benzene rings is 2. The van der Waals surface area contributed by atoms with Crippen molar-refractivity contribution >= 4 is 11.9 Å². The molecule has 5 nitrogen and oxygen atoms in total. The molecule has 0 unspecified atom stereocenters. The number of rotatable bonds is 21. The van der Waals surface area contributed by atoms with E-state index < -0.39 is 23.9 Å². The minimum Gasteiger partial charge on any atom is -0.491 e. The highest BCUT2D eigenvalue weighted by molar-refractivity contribution is 5.91. The SMILES string of the molecule is CCCCCCCCCCCOc1ccc(C(=O)Oc2ccc(CCC3CCC(OC(=O)[C@@H](F)CCCC)CC3)cc2)cc1F. The summed E-state index contributed by atoms with van der Waals surface area (Å²) >= 11 is 0. The van der Waals surface area contributed by atoms with Crippen LogP contribution in [0.25, 0.3) is 0 Å². The molecule has 7 heteroatoms. The summed E-state index contributed by atoms with van der Waals surface area (Å²) in [5, 5.41) is 0. The van der Waals surface area contributed by atoms with Gasteiger partial charge in [-0.25, -0.2) is 18.4 Å². The van der Waals surface area contributed by atoms with Crippen molar-refractivity contribution in [3.63, 3.8) is 0 Å². The van der Waals surface area contributed by atoms with Gasteiger partial charge in [0.25, 0.3) is 0 Å². The lowest BCUT2D eigenvalue weighted by Crippen LogP contribution is -2.29. The lowest BCUT2D eigenvalue weighted by Gasteiger charge is -2.28. The van der Waals surface area contributed by atoms with Crippen LogP contribution in [0.5, 0.6) is 11.5 Å². The monoisotopic (exact) mass is 628 g/mol. The van der Waals surface area contributed by atoms with E-state index in [0.29, 0.717) is 24.7 Å². The fourth-order valence-corrected chi connectivity index (χ4v) is 5.88. The number of hydrogen-bond acceptors (Lipinski definition) is 5. The Kier molecular flexibility index (Phi) is 17.0. The molecule has 250 valence electrons. The average Bonchev–Trinajstić information content (AvgIpc) is 3.05. The maximum Gasteiger partial charge on any atom is 0.343 e. The molecule has 0 spiro atoms. The van der Waals surface area contributed by atoms with E-state index in [1.165, 1.54) is 63.1 Å². The van der Waals surface area contributed by atoms with Crippen molar-refractivity contribution in [2.75, 3.05) is 6.61 Å². The molecular formula is C38H54F2O5. The molecule has 0 heterocycles. The number of alkyl halides is 1. The van der Waals surface area contributed by atoms with Crippen LogP contribution in [0.4, 0.5) is 8.78 Å². The molecule has 0 radical (unpaired) electrons. The first-order chi connectivity index (χ1) is 21.9. The van der Waals surface area contributed by atoms with Gasteiger partial charge in [0, 0.05) is 0 Å². The highest BCUT2D eigenvalue weighted by atomic mass is 19.1. The number of unbranched alkanes of at least 4 members (excludes halogenated alkanes) is 9. The normalized spacial score (nSPS) is 17.1. The average molecular weight is 629 g/mol. The van der Waals surface area contributed by atoms with E-state index >= 15 is 0 Å². The Morgan fingerprint density at radius 3 is 2.11 bits per heavy atom. The molecule has 1 aliphatic rings. The molecule has 3 rings (SSSR count). The number of carbonyl (C=O) groups is 2. The standard InChI is InChI=1S/C38H54F2O5/c1-3-5-7-8-9-10-11-12-13-27-43-36-26-21-31(28-35(36)40)37(41)44-32-22-17-29(18-23-32)15-16-30-19-24-33(25-20-30)45-38(42)34(39)14-6-4-2/h17-18,21-23,26,28,30,33-34H,3-16,19-20,24-25,27H2,1-2H3/t30?,33?,34-/m0/s1. The third-order valence-electron chi connectivity index (χ3n) is 8.79. The molecule has 0 saturated heterocycles. The van der Waals surface area contributed by atoms with Gasteiger partial charge < -0.3 is 14.2 Å². The lowest BCUT2D eigenvalue weighted by atomic mass is 9.83. The van der Waals surface area contributed by atoms with Crippen LogP contribution in [0, 0.1) is 11.7 Å². The van der Waals surface area contributed by atoms with Crippen molar-refractivity contribution in [1.29, 1.82) is 0 Å². The van der Waals surface area contributed by atoms with Gasteiger partial charge in [-0.1, -0.05) is 90.2 Å². The molecule has 45 heavy (non-hydrogen) atoms. The Labute approximate surface area is 269 Å². The first-order valence-corrected chi connectivity index (χ1v) is 17.5. The van der Waals surface area contributed by atoms with E-state index in [0.717, 1.165) is 63.4 Å². The number of ether oxygens (including phenoxy) is 3. The summed E-state index contributed by atoms with van der Waals surface area (Å²) < 4.78 is 45.0. The van der Waals surface area contributed by atoms with E-state index in [1.54, 1.807) is 12.1 Å². The minimum atomic E-state index is -1.51. The lowest BCUT2D eigenvalue weighted by molar-refractivity contribution is -0.157. The molecule has 0 N–H and O–H groups in total. The van der Waals surface area contributed by atoms with Gasteiger partial charge in [0.2, 0.25) is 0 Å². The Hall–Kier alpha value is -2.96. The van der Waals surface area contributed by atoms with Gasteiger partial charge in [0.15, 0.2) is 17.7 Å². The van der Waals surface area contributed by atoms with Gasteiger partial charge in [-0.05, 0) is 93.2 Å². The molecule has 0 bridgehead atoms. The predicted octanol–water partition coefficient (Wildman–Crippen LogP) is 10.5. The van der Waals surface area contributed by atoms with Crippen molar-refractivity contribution in [3.05, 3.63) is 59.4 Å². The Bertz CT molecular complexity index is 1130. The van der Waals surface area contributed by atoms with Crippen molar-refractivity contribution < 1.29 is 32.6 Å². The van der Waals surface area contributed by atoms with Crippen LogP contribution in [0.1, 0.15) is 139 Å². The number of carbonyl (C=O) groups excluding carboxylic acids is 2. The summed E-state index contributed by atoms with van der Waals surface area (Å²) in [6.07, 6.45) is 16.3. The molecule has 1 atom stereocenters. The number of esters is 2. The van der Waals surface area contributed by atoms with Gasteiger partial charge in [0.05, 0.1) is 12.2 Å². The van der Waals surface area contributed by atoms with Crippen LogP contribution in [0.3, 0.4) is 0 Å². The third-order valence-corrected chi connectivity index (χ3v) is 8.79. The van der Waals surface area contributed by atoms with Crippen LogP contribution in [0.2, 0.25) is 0 Å². The topological polar surface area (TPSA) is 61.8 Å². The molecule has 2 aromatic rings. The maximum absolute atomic E-state index is 14.6. The van der Waals surface area contributed by atoms with Gasteiger partial charge in [-0.3, -0.25) is 0 Å². The zero-order valence-electron chi connectivity index (χ0n) is 27.5. The summed E-state index contributed by atoms with van der Waals surface area (Å²) in [7, 11) is 0. The largest absolute Gasteiger partial charge is 0.491 e. The molecule has 1 saturated carbocycles. The Morgan fingerprint density at radius 1 is 0.822 bits per heavy atom. The van der Waals surface area contributed by atoms with Crippen LogP contribution < -0.4 is 9.47 Å². The predicted molar refractivity (Wildman–Crippen MR) is 175 cm³/mol. The molecule has 2 aromatic carbocycles. The van der Waals surface area contributed by atoms with Gasteiger partial charge >= 0.3 is 11.9 Å². The summed E-state index contributed by atoms with van der Waals surface area (Å²) in [5.74, 6) is -0.798. The molecule has 1 fully saturated rings. The molecule has 0 aliphatic heterocycles. The van der Waals surface area contributed by atoms with Crippen molar-refractivity contribution in [2.24, 2.45) is 5.92 Å². The number of hydrogen-bond donors (Lipinski definition) is 0. The number of aryl methyl sites for hydroxylation is 1. The van der Waals surface area contributed by atoms with E-state index in [-0.39, 0.29) is 23.8 Å². The smallest absolute Gasteiger partial charge is 0.343 e. The molecule has 0 aromatic heterocycles. The van der Waals surface area contributed by atoms with Gasteiger partial charge in [-0.15, -0.1) is 0 Å². The van der Waals surface area contributed by atoms with E-state index in [4.69, 9.17) is 14.2 Å². The van der Waals surface area contributed by atoms with Gasteiger partial charge in [-0.2, -0.15) is 0 Å². The summed E-state index contributed by atoms with van der Waals surface area (Å²) in [6, 6.07) is 11.6. The Morgan fingerprint density at radius 2 is 1.47 bits per heavy atom. The molecular weight excluding hydrogens is 574 g/mol. The van der Waals surface area contributed by atoms with Crippen molar-refractivity contribution in [1.82, 2.24) is 0 Å². The van der Waals surface area contributed by atoms with E-state index in [9.17, 15) is 18.4 Å². The fourth-order valence-electron chi connectivity index (χ4n) is 5.88. The summed E-state index contributed by atoms with van der Waals surface area (Å²) in [4.78, 5) is 24.6. The van der Waals surface area contributed by atoms with Gasteiger partial charge in [0.1, 0.15) is 11.9 Å². The second-order valence-corrected chi connectivity index (χ2v) is 12.6. The maximum atomic E-state index is 14.6. The zero-order valence-corrected chi connectivity index (χ0v) is 27.5. The minimum absolute atomic E-state index is 0.135. The molecule has 1 aliphatic carbocycles. The summed E-state index contributed by atoms with van der Waals surface area (Å²) in [6.45, 7) is 4.66. The first kappa shape index (κ1) is 36.5. The van der Waals surface area contributed by atoms with Crippen LogP contribution in [-0.2, 0) is 16.0 Å². The van der Waals surface area contributed by atoms with Crippen LogP contribution in [0.15, 0.2) is 42.5 Å². The Balaban J connectivity index is 1.32. The second-order valence-electron chi connectivity index (χ2n) is 12.6. The first-order valence-electron chi connectivity index (χ1n) is 17.5. The quantitative estimate of drug-likeness (QED) is 0.0782. The molecule has 0 amide bonds. The van der Waals surface area contributed by atoms with E-state index in [2.05, 4.69) is 6.92 Å². The second kappa shape index (κ2) is 21.0. The summed E-state index contributed by atoms with van der Waals surface area (Å²) in [5.41, 5.74) is 1.27. The fraction of sp³-hybridized carbons (Fsp3) is 0.632. The van der Waals surface area contributed by atoms with Crippen LogP contribution in [-0.4, -0.2) is 30.8 Å². The zero-order chi connectivity index (χ0) is 32.3. The third kappa shape index (κ3) is 13.9. The van der Waals surface area contributed by atoms with E-state index in [1.807, 2.05) is 19.1 Å². The number of halogens is 2. The van der Waals surface area contributed by atoms with Crippen molar-refractivity contribution in [3.8, 4) is 11.5 Å². The van der Waals surface area contributed by atoms with Crippen LogP contribution >= 0.6 is 0 Å². The van der Waals surface area contributed by atoms with Crippen molar-refractivity contribution in [2.45, 2.75) is 142 Å². The highest BCUT2D eigenvalue weighted by Gasteiger charge is 2.27. The highest BCUT2D eigenvalue weighted by Crippen LogP contribution is 2.30.